The summed E-state index contributed by atoms with van der Waals surface area (Å²) in [5, 5.41) is 4.80. The SMILES string of the molecule is CCOC(=O)[C@H](Cc1ccc(OCCC(=O)Nc2ccccc2C(F)(F)F)cc1)NC(C)=O. The van der Waals surface area contributed by atoms with E-state index in [0.717, 1.165) is 11.6 Å². The molecular formula is C23H25F3N2O5. The lowest BCUT2D eigenvalue weighted by molar-refractivity contribution is -0.147. The molecule has 2 aromatic carbocycles. The van der Waals surface area contributed by atoms with Gasteiger partial charge in [-0.05, 0) is 36.8 Å². The third-order valence-electron chi connectivity index (χ3n) is 4.42. The number of hydrogen-bond acceptors (Lipinski definition) is 5. The van der Waals surface area contributed by atoms with Crippen LogP contribution in [0.5, 0.6) is 5.75 Å². The Morgan fingerprint density at radius 1 is 1.03 bits per heavy atom. The molecule has 0 unspecified atom stereocenters. The Morgan fingerprint density at radius 3 is 2.30 bits per heavy atom. The van der Waals surface area contributed by atoms with Crippen molar-refractivity contribution < 1.29 is 37.0 Å². The molecule has 0 saturated heterocycles. The minimum atomic E-state index is -4.58. The molecule has 0 aromatic heterocycles. The Bertz CT molecular complexity index is 961. The zero-order valence-corrected chi connectivity index (χ0v) is 18.2. The average molecular weight is 466 g/mol. The standard InChI is InChI=1S/C23H25F3N2O5/c1-3-32-22(31)20(27-15(2)29)14-16-8-10-17(11-9-16)33-13-12-21(30)28-19-7-5-4-6-18(19)23(24,25)26/h4-11,20H,3,12-14H2,1-2H3,(H,27,29)(H,28,30)/t20-/m0/s1. The highest BCUT2D eigenvalue weighted by Gasteiger charge is 2.33. The van der Waals surface area contributed by atoms with Crippen LogP contribution in [0.15, 0.2) is 48.5 Å². The molecule has 0 aliphatic rings. The highest BCUT2D eigenvalue weighted by atomic mass is 19.4. The van der Waals surface area contributed by atoms with Crippen LogP contribution in [0.1, 0.15) is 31.4 Å². The fourth-order valence-corrected chi connectivity index (χ4v) is 2.95. The van der Waals surface area contributed by atoms with Gasteiger partial charge in [0.1, 0.15) is 11.8 Å². The van der Waals surface area contributed by atoms with Gasteiger partial charge >= 0.3 is 12.1 Å². The van der Waals surface area contributed by atoms with Gasteiger partial charge in [-0.25, -0.2) is 4.79 Å². The number of halogens is 3. The largest absolute Gasteiger partial charge is 0.493 e. The molecule has 178 valence electrons. The van der Waals surface area contributed by atoms with Gasteiger partial charge in [-0.15, -0.1) is 0 Å². The molecule has 10 heteroatoms. The fraction of sp³-hybridized carbons (Fsp3) is 0.348. The molecule has 0 radical (unpaired) electrons. The van der Waals surface area contributed by atoms with Crippen molar-refractivity contribution in [1.82, 2.24) is 5.32 Å². The van der Waals surface area contributed by atoms with Gasteiger partial charge in [0.15, 0.2) is 0 Å². The Balaban J connectivity index is 1.87. The molecule has 2 amide bonds. The molecule has 33 heavy (non-hydrogen) atoms. The highest BCUT2D eigenvalue weighted by molar-refractivity contribution is 5.91. The first kappa shape index (κ1) is 25.7. The number of esters is 1. The quantitative estimate of drug-likeness (QED) is 0.521. The van der Waals surface area contributed by atoms with Gasteiger partial charge in [-0.1, -0.05) is 24.3 Å². The number of rotatable bonds is 10. The van der Waals surface area contributed by atoms with E-state index in [4.69, 9.17) is 9.47 Å². The number of hydrogen-bond donors (Lipinski definition) is 2. The van der Waals surface area contributed by atoms with E-state index >= 15 is 0 Å². The third kappa shape index (κ3) is 8.47. The van der Waals surface area contributed by atoms with Gasteiger partial charge in [0.05, 0.1) is 30.9 Å². The van der Waals surface area contributed by atoms with E-state index in [1.165, 1.54) is 25.1 Å². The van der Waals surface area contributed by atoms with Crippen LogP contribution in [-0.2, 0) is 31.7 Å². The smallest absolute Gasteiger partial charge is 0.418 e. The van der Waals surface area contributed by atoms with Crippen LogP contribution in [0.2, 0.25) is 0 Å². The fourth-order valence-electron chi connectivity index (χ4n) is 2.95. The Morgan fingerprint density at radius 2 is 1.70 bits per heavy atom. The predicted molar refractivity (Wildman–Crippen MR) is 115 cm³/mol. The van der Waals surface area contributed by atoms with E-state index in [9.17, 15) is 27.6 Å². The second kappa shape index (κ2) is 11.9. The number of para-hydroxylation sites is 1. The minimum Gasteiger partial charge on any atom is -0.493 e. The molecule has 0 saturated carbocycles. The molecule has 0 fully saturated rings. The number of carbonyl (C=O) groups excluding carboxylic acids is 3. The lowest BCUT2D eigenvalue weighted by atomic mass is 10.1. The number of nitrogens with one attached hydrogen (secondary N) is 2. The Labute approximate surface area is 189 Å². The van der Waals surface area contributed by atoms with Gasteiger partial charge in [-0.3, -0.25) is 9.59 Å². The number of carbonyl (C=O) groups is 3. The van der Waals surface area contributed by atoms with Crippen LogP contribution >= 0.6 is 0 Å². The van der Waals surface area contributed by atoms with Crippen molar-refractivity contribution in [1.29, 1.82) is 0 Å². The van der Waals surface area contributed by atoms with Crippen LogP contribution in [0.3, 0.4) is 0 Å². The van der Waals surface area contributed by atoms with E-state index in [2.05, 4.69) is 10.6 Å². The van der Waals surface area contributed by atoms with E-state index in [1.54, 1.807) is 31.2 Å². The minimum absolute atomic E-state index is 0.0449. The predicted octanol–water partition coefficient (Wildman–Crippen LogP) is 3.72. The first-order valence-corrected chi connectivity index (χ1v) is 10.2. The summed E-state index contributed by atoms with van der Waals surface area (Å²) in [7, 11) is 0. The zero-order chi connectivity index (χ0) is 24.4. The summed E-state index contributed by atoms with van der Waals surface area (Å²) in [4.78, 5) is 35.4. The molecule has 7 nitrogen and oxygen atoms in total. The lowest BCUT2D eigenvalue weighted by Gasteiger charge is -2.16. The van der Waals surface area contributed by atoms with E-state index in [0.29, 0.717) is 5.75 Å². The zero-order valence-electron chi connectivity index (χ0n) is 18.2. The Kier molecular flexibility index (Phi) is 9.26. The van der Waals surface area contributed by atoms with E-state index < -0.39 is 29.7 Å². The average Bonchev–Trinajstić information content (AvgIpc) is 2.74. The summed E-state index contributed by atoms with van der Waals surface area (Å²) in [6.45, 7) is 3.12. The molecule has 2 rings (SSSR count). The normalized spacial score (nSPS) is 11.9. The maximum absolute atomic E-state index is 13.0. The van der Waals surface area contributed by atoms with Crippen LogP contribution in [0.4, 0.5) is 18.9 Å². The molecule has 0 heterocycles. The molecule has 2 N–H and O–H groups in total. The van der Waals surface area contributed by atoms with Crippen LogP contribution in [-0.4, -0.2) is 37.0 Å². The summed E-state index contributed by atoms with van der Waals surface area (Å²) in [5.74, 6) is -1.07. The van der Waals surface area contributed by atoms with Gasteiger partial charge in [-0.2, -0.15) is 13.2 Å². The van der Waals surface area contributed by atoms with Crippen LogP contribution in [0.25, 0.3) is 0 Å². The number of ether oxygens (including phenoxy) is 2. The van der Waals surface area contributed by atoms with Crippen molar-refractivity contribution in [3.63, 3.8) is 0 Å². The first-order valence-electron chi connectivity index (χ1n) is 10.2. The summed E-state index contributed by atoms with van der Waals surface area (Å²) in [6.07, 6.45) is -4.50. The summed E-state index contributed by atoms with van der Waals surface area (Å²) < 4.78 is 49.5. The molecule has 0 aliphatic heterocycles. The summed E-state index contributed by atoms with van der Waals surface area (Å²) in [5.41, 5.74) is -0.486. The second-order valence-corrected chi connectivity index (χ2v) is 7.04. The van der Waals surface area contributed by atoms with Crippen molar-refractivity contribution in [3.05, 3.63) is 59.7 Å². The van der Waals surface area contributed by atoms with Gasteiger partial charge < -0.3 is 20.1 Å². The highest BCUT2D eigenvalue weighted by Crippen LogP contribution is 2.34. The number of benzene rings is 2. The van der Waals surface area contributed by atoms with Crippen LogP contribution in [0, 0.1) is 0 Å². The monoisotopic (exact) mass is 466 g/mol. The molecular weight excluding hydrogens is 441 g/mol. The molecule has 2 aromatic rings. The van der Waals surface area contributed by atoms with Gasteiger partial charge in [0.2, 0.25) is 11.8 Å². The van der Waals surface area contributed by atoms with E-state index in [1.807, 2.05) is 0 Å². The van der Waals surface area contributed by atoms with Crippen molar-refractivity contribution in [3.8, 4) is 5.75 Å². The first-order chi connectivity index (χ1) is 15.6. The lowest BCUT2D eigenvalue weighted by Crippen LogP contribution is -2.42. The number of amides is 2. The van der Waals surface area contributed by atoms with Gasteiger partial charge in [0.25, 0.3) is 0 Å². The third-order valence-corrected chi connectivity index (χ3v) is 4.42. The molecule has 0 spiro atoms. The molecule has 1 atom stereocenters. The maximum Gasteiger partial charge on any atom is 0.418 e. The Hall–Kier alpha value is -3.56. The molecule has 0 aliphatic carbocycles. The van der Waals surface area contributed by atoms with Crippen molar-refractivity contribution in [2.75, 3.05) is 18.5 Å². The topological polar surface area (TPSA) is 93.7 Å². The van der Waals surface area contributed by atoms with Crippen molar-refractivity contribution >= 4 is 23.5 Å². The molecule has 0 bridgehead atoms. The number of alkyl halides is 3. The van der Waals surface area contributed by atoms with Crippen molar-refractivity contribution in [2.24, 2.45) is 0 Å². The number of anilines is 1. The van der Waals surface area contributed by atoms with Gasteiger partial charge in [0, 0.05) is 13.3 Å². The van der Waals surface area contributed by atoms with Crippen molar-refractivity contribution in [2.45, 2.75) is 38.9 Å². The van der Waals surface area contributed by atoms with E-state index in [-0.39, 0.29) is 37.6 Å². The maximum atomic E-state index is 13.0. The van der Waals surface area contributed by atoms with Crippen LogP contribution < -0.4 is 15.4 Å². The summed E-state index contributed by atoms with van der Waals surface area (Å²) in [6, 6.07) is 10.6. The second-order valence-electron chi connectivity index (χ2n) is 7.04. The summed E-state index contributed by atoms with van der Waals surface area (Å²) >= 11 is 0.